The number of carboxylic acid groups (broad SMARTS) is 1. The van der Waals surface area contributed by atoms with Gasteiger partial charge in [0.15, 0.2) is 0 Å². The molecule has 96 valence electrons. The Balaban J connectivity index is 2.25. The third kappa shape index (κ3) is 2.45. The summed E-state index contributed by atoms with van der Waals surface area (Å²) < 4.78 is 0. The molecule has 1 aliphatic heterocycles. The Morgan fingerprint density at radius 2 is 2.22 bits per heavy atom. The normalized spacial score (nSPS) is 14.4. The van der Waals surface area contributed by atoms with Crippen LogP contribution in [0.2, 0.25) is 0 Å². The molecule has 0 spiro atoms. The minimum absolute atomic E-state index is 0.168. The molecule has 5 heteroatoms. The van der Waals surface area contributed by atoms with E-state index in [-0.39, 0.29) is 11.6 Å². The zero-order chi connectivity index (χ0) is 13.3. The van der Waals surface area contributed by atoms with Gasteiger partial charge in [-0.3, -0.25) is 0 Å². The fourth-order valence-electron chi connectivity index (χ4n) is 2.02. The number of carboxylic acids is 1. The van der Waals surface area contributed by atoms with E-state index in [4.69, 9.17) is 5.11 Å². The molecule has 0 fully saturated rings. The van der Waals surface area contributed by atoms with Crippen molar-refractivity contribution in [2.24, 2.45) is 5.92 Å². The van der Waals surface area contributed by atoms with Crippen LogP contribution in [0, 0.1) is 5.92 Å². The van der Waals surface area contributed by atoms with Gasteiger partial charge in [0.25, 0.3) is 0 Å². The lowest BCUT2D eigenvalue weighted by atomic mass is 10.1. The Morgan fingerprint density at radius 3 is 2.83 bits per heavy atom. The summed E-state index contributed by atoms with van der Waals surface area (Å²) in [6.07, 6.45) is 0. The van der Waals surface area contributed by atoms with E-state index >= 15 is 0 Å². The molecule has 1 aromatic carbocycles. The maximum Gasteiger partial charge on any atom is 0.335 e. The molecule has 0 aliphatic carbocycles. The molecule has 1 aliphatic rings. The Kier molecular flexibility index (Phi) is 3.23. The first-order valence-corrected chi connectivity index (χ1v) is 5.89. The highest BCUT2D eigenvalue weighted by Gasteiger charge is 2.23. The molecule has 2 N–H and O–H groups in total. The molecular formula is C13H16N2O3. The van der Waals surface area contributed by atoms with Crippen LogP contribution >= 0.6 is 0 Å². The van der Waals surface area contributed by atoms with Gasteiger partial charge in [-0.1, -0.05) is 19.9 Å². The second-order valence-electron chi connectivity index (χ2n) is 4.88. The van der Waals surface area contributed by atoms with E-state index in [1.165, 1.54) is 6.07 Å². The van der Waals surface area contributed by atoms with Crippen molar-refractivity contribution in [3.8, 4) is 0 Å². The Morgan fingerprint density at radius 1 is 1.50 bits per heavy atom. The molecule has 0 saturated heterocycles. The summed E-state index contributed by atoms with van der Waals surface area (Å²) in [6.45, 7) is 5.32. The standard InChI is InChI=1S/C13H16N2O3/c1-8(2)6-15-7-10-4-3-9(12(16)17)5-11(10)14-13(15)18/h3-5,8H,6-7H2,1-2H3,(H,14,18)(H,16,17). The van der Waals surface area contributed by atoms with Gasteiger partial charge in [0.05, 0.1) is 5.56 Å². The summed E-state index contributed by atoms with van der Waals surface area (Å²) in [6, 6.07) is 4.65. The highest BCUT2D eigenvalue weighted by atomic mass is 16.4. The van der Waals surface area contributed by atoms with Crippen LogP contribution in [0.3, 0.4) is 0 Å². The average Bonchev–Trinajstić information content (AvgIpc) is 2.28. The first kappa shape index (κ1) is 12.4. The summed E-state index contributed by atoms with van der Waals surface area (Å²) in [5.41, 5.74) is 1.73. The second kappa shape index (κ2) is 4.68. The molecule has 1 aromatic rings. The topological polar surface area (TPSA) is 69.6 Å². The molecular weight excluding hydrogens is 232 g/mol. The van der Waals surface area contributed by atoms with Crippen LogP contribution in [-0.2, 0) is 6.54 Å². The summed E-state index contributed by atoms with van der Waals surface area (Å²) in [7, 11) is 0. The summed E-state index contributed by atoms with van der Waals surface area (Å²) in [5.74, 6) is -0.591. The van der Waals surface area contributed by atoms with Gasteiger partial charge in [-0.2, -0.15) is 0 Å². The number of anilines is 1. The molecule has 18 heavy (non-hydrogen) atoms. The Labute approximate surface area is 105 Å². The van der Waals surface area contributed by atoms with E-state index in [1.807, 2.05) is 0 Å². The predicted molar refractivity (Wildman–Crippen MR) is 67.7 cm³/mol. The third-order valence-corrected chi connectivity index (χ3v) is 2.83. The highest BCUT2D eigenvalue weighted by molar-refractivity contribution is 5.95. The molecule has 0 unspecified atom stereocenters. The molecule has 0 aromatic heterocycles. The van der Waals surface area contributed by atoms with E-state index in [0.29, 0.717) is 24.7 Å². The van der Waals surface area contributed by atoms with Crippen molar-refractivity contribution >= 4 is 17.7 Å². The van der Waals surface area contributed by atoms with Gasteiger partial charge in [0.1, 0.15) is 0 Å². The zero-order valence-corrected chi connectivity index (χ0v) is 10.4. The highest BCUT2D eigenvalue weighted by Crippen LogP contribution is 2.25. The molecule has 0 atom stereocenters. The number of aromatic carboxylic acids is 1. The van der Waals surface area contributed by atoms with Crippen molar-refractivity contribution in [2.75, 3.05) is 11.9 Å². The molecule has 2 amide bonds. The molecule has 0 bridgehead atoms. The Hall–Kier alpha value is -2.04. The summed E-state index contributed by atoms with van der Waals surface area (Å²) >= 11 is 0. The number of nitrogens with zero attached hydrogens (tertiary/aromatic N) is 1. The van der Waals surface area contributed by atoms with Crippen LogP contribution < -0.4 is 5.32 Å². The smallest absolute Gasteiger partial charge is 0.335 e. The number of rotatable bonds is 3. The van der Waals surface area contributed by atoms with E-state index in [0.717, 1.165) is 5.56 Å². The Bertz CT molecular complexity index is 497. The van der Waals surface area contributed by atoms with E-state index in [2.05, 4.69) is 19.2 Å². The van der Waals surface area contributed by atoms with Crippen LogP contribution in [0.1, 0.15) is 29.8 Å². The number of hydrogen-bond donors (Lipinski definition) is 2. The zero-order valence-electron chi connectivity index (χ0n) is 10.4. The van der Waals surface area contributed by atoms with Crippen LogP contribution in [0.15, 0.2) is 18.2 Å². The fraction of sp³-hybridized carbons (Fsp3) is 0.385. The lowest BCUT2D eigenvalue weighted by molar-refractivity contribution is 0.0697. The lowest BCUT2D eigenvalue weighted by Crippen LogP contribution is -2.40. The van der Waals surface area contributed by atoms with Gasteiger partial charge < -0.3 is 15.3 Å². The van der Waals surface area contributed by atoms with Gasteiger partial charge >= 0.3 is 12.0 Å². The quantitative estimate of drug-likeness (QED) is 0.862. The SMILES string of the molecule is CC(C)CN1Cc2ccc(C(=O)O)cc2NC1=O. The third-order valence-electron chi connectivity index (χ3n) is 2.83. The van der Waals surface area contributed by atoms with Gasteiger partial charge in [-0.15, -0.1) is 0 Å². The molecule has 0 saturated carbocycles. The van der Waals surface area contributed by atoms with Crippen LogP contribution in [0.5, 0.6) is 0 Å². The number of nitrogens with one attached hydrogen (secondary N) is 1. The van der Waals surface area contributed by atoms with Crippen molar-refractivity contribution < 1.29 is 14.7 Å². The molecule has 5 nitrogen and oxygen atoms in total. The minimum Gasteiger partial charge on any atom is -0.478 e. The first-order valence-electron chi connectivity index (χ1n) is 5.89. The largest absolute Gasteiger partial charge is 0.478 e. The maximum absolute atomic E-state index is 11.8. The van der Waals surface area contributed by atoms with Crippen molar-refractivity contribution in [3.63, 3.8) is 0 Å². The first-order chi connectivity index (χ1) is 8.47. The number of urea groups is 1. The lowest BCUT2D eigenvalue weighted by Gasteiger charge is -2.30. The minimum atomic E-state index is -0.989. The summed E-state index contributed by atoms with van der Waals surface area (Å²) in [4.78, 5) is 24.4. The predicted octanol–water partition coefficient (Wildman–Crippen LogP) is 2.39. The van der Waals surface area contributed by atoms with E-state index in [1.54, 1.807) is 17.0 Å². The molecule has 1 heterocycles. The average molecular weight is 248 g/mol. The van der Waals surface area contributed by atoms with Crippen molar-refractivity contribution in [1.82, 2.24) is 4.90 Å². The number of fused-ring (bicyclic) bond motifs is 1. The second-order valence-corrected chi connectivity index (χ2v) is 4.88. The number of amides is 2. The van der Waals surface area contributed by atoms with Crippen molar-refractivity contribution in [2.45, 2.75) is 20.4 Å². The van der Waals surface area contributed by atoms with Gasteiger partial charge in [-0.25, -0.2) is 9.59 Å². The number of carbonyl (C=O) groups is 2. The van der Waals surface area contributed by atoms with Crippen molar-refractivity contribution in [1.29, 1.82) is 0 Å². The van der Waals surface area contributed by atoms with Crippen LogP contribution in [0.4, 0.5) is 10.5 Å². The molecule has 0 radical (unpaired) electrons. The maximum atomic E-state index is 11.8. The van der Waals surface area contributed by atoms with Gasteiger partial charge in [0.2, 0.25) is 0 Å². The molecule has 2 rings (SSSR count). The van der Waals surface area contributed by atoms with Gasteiger partial charge in [-0.05, 0) is 23.6 Å². The van der Waals surface area contributed by atoms with Crippen LogP contribution in [-0.4, -0.2) is 28.6 Å². The number of hydrogen-bond acceptors (Lipinski definition) is 2. The van der Waals surface area contributed by atoms with Gasteiger partial charge in [0, 0.05) is 18.8 Å². The number of carbonyl (C=O) groups excluding carboxylic acids is 1. The van der Waals surface area contributed by atoms with E-state index < -0.39 is 5.97 Å². The van der Waals surface area contributed by atoms with E-state index in [9.17, 15) is 9.59 Å². The van der Waals surface area contributed by atoms with Crippen molar-refractivity contribution in [3.05, 3.63) is 29.3 Å². The monoisotopic (exact) mass is 248 g/mol. The fourth-order valence-corrected chi connectivity index (χ4v) is 2.02. The number of benzene rings is 1. The van der Waals surface area contributed by atoms with Crippen LogP contribution in [0.25, 0.3) is 0 Å². The summed E-state index contributed by atoms with van der Waals surface area (Å²) in [5, 5.41) is 11.6.